The van der Waals surface area contributed by atoms with Gasteiger partial charge in [0, 0.05) is 18.8 Å². The summed E-state index contributed by atoms with van der Waals surface area (Å²) in [5, 5.41) is 12.3. The van der Waals surface area contributed by atoms with Crippen molar-refractivity contribution < 1.29 is 17.9 Å². The van der Waals surface area contributed by atoms with Gasteiger partial charge in [0.05, 0.1) is 28.9 Å². The highest BCUT2D eigenvalue weighted by molar-refractivity contribution is 7.89. The predicted molar refractivity (Wildman–Crippen MR) is 125 cm³/mol. The third-order valence-electron chi connectivity index (χ3n) is 6.51. The van der Waals surface area contributed by atoms with Gasteiger partial charge in [0.15, 0.2) is 0 Å². The van der Waals surface area contributed by atoms with Crippen LogP contribution < -0.4 is 10.1 Å². The molecule has 0 spiro atoms. The number of nitriles is 1. The zero-order valence-electron chi connectivity index (χ0n) is 19.0. The number of hydrogen-bond acceptors (Lipinski definition) is 5. The molecule has 1 aliphatic carbocycles. The van der Waals surface area contributed by atoms with Gasteiger partial charge in [-0.3, -0.25) is 4.79 Å². The summed E-state index contributed by atoms with van der Waals surface area (Å²) in [6, 6.07) is 14.6. The number of ether oxygens (including phenoxy) is 1. The number of anilines is 1. The van der Waals surface area contributed by atoms with Crippen LogP contribution in [0.2, 0.25) is 0 Å². The van der Waals surface area contributed by atoms with Crippen molar-refractivity contribution >= 4 is 21.6 Å². The van der Waals surface area contributed by atoms with Gasteiger partial charge in [0.2, 0.25) is 15.9 Å². The topological polar surface area (TPSA) is 99.5 Å². The molecule has 4 rings (SSSR count). The third kappa shape index (κ3) is 4.75. The third-order valence-corrected chi connectivity index (χ3v) is 8.37. The average Bonchev–Trinajstić information content (AvgIpc) is 3.62. The number of rotatable bonds is 7. The quantitative estimate of drug-likeness (QED) is 0.664. The molecule has 33 heavy (non-hydrogen) atoms. The summed E-state index contributed by atoms with van der Waals surface area (Å²) >= 11 is 0. The van der Waals surface area contributed by atoms with Crippen LogP contribution in [-0.2, 0) is 20.2 Å². The number of piperidine rings is 1. The lowest BCUT2D eigenvalue weighted by Crippen LogP contribution is -2.43. The van der Waals surface area contributed by atoms with E-state index < -0.39 is 15.9 Å². The molecule has 1 saturated heterocycles. The summed E-state index contributed by atoms with van der Waals surface area (Å²) in [6.45, 7) is 4.76. The SMILES string of the molecule is CCOc1ccc(S(=O)(=O)N2CCC[C@@H](C(=O)Nc3ccc(C4(C#N)CC4)cc3)C2)cc1C. The van der Waals surface area contributed by atoms with E-state index in [9.17, 15) is 18.5 Å². The number of aryl methyl sites for hydroxylation is 1. The molecule has 1 amide bonds. The van der Waals surface area contributed by atoms with Crippen LogP contribution in [0, 0.1) is 24.2 Å². The van der Waals surface area contributed by atoms with Gasteiger partial charge in [-0.1, -0.05) is 12.1 Å². The van der Waals surface area contributed by atoms with Gasteiger partial charge in [-0.05, 0) is 81.0 Å². The summed E-state index contributed by atoms with van der Waals surface area (Å²) in [5.41, 5.74) is 2.03. The van der Waals surface area contributed by atoms with E-state index in [4.69, 9.17) is 4.74 Å². The van der Waals surface area contributed by atoms with Gasteiger partial charge in [0.25, 0.3) is 0 Å². The number of amides is 1. The molecule has 174 valence electrons. The lowest BCUT2D eigenvalue weighted by molar-refractivity contribution is -0.120. The van der Waals surface area contributed by atoms with E-state index in [-0.39, 0.29) is 22.8 Å². The molecule has 0 aromatic heterocycles. The van der Waals surface area contributed by atoms with Crippen molar-refractivity contribution in [1.82, 2.24) is 4.31 Å². The molecule has 1 aliphatic heterocycles. The fourth-order valence-corrected chi connectivity index (χ4v) is 5.94. The first kappa shape index (κ1) is 23.3. The van der Waals surface area contributed by atoms with Crippen molar-refractivity contribution in [3.63, 3.8) is 0 Å². The van der Waals surface area contributed by atoms with Gasteiger partial charge in [-0.15, -0.1) is 0 Å². The molecular weight excluding hydrogens is 438 g/mol. The molecular formula is C25H29N3O4S. The molecule has 0 unspecified atom stereocenters. The lowest BCUT2D eigenvalue weighted by Gasteiger charge is -2.31. The minimum Gasteiger partial charge on any atom is -0.494 e. The monoisotopic (exact) mass is 467 g/mol. The number of carbonyl (C=O) groups is 1. The number of nitrogens with zero attached hydrogens (tertiary/aromatic N) is 2. The normalized spacial score (nSPS) is 20.0. The van der Waals surface area contributed by atoms with Crippen molar-refractivity contribution in [2.45, 2.75) is 49.8 Å². The largest absolute Gasteiger partial charge is 0.494 e. The van der Waals surface area contributed by atoms with Crippen LogP contribution in [0.1, 0.15) is 43.7 Å². The van der Waals surface area contributed by atoms with Gasteiger partial charge in [0.1, 0.15) is 5.75 Å². The predicted octanol–water partition coefficient (Wildman–Crippen LogP) is 3.99. The van der Waals surface area contributed by atoms with Crippen molar-refractivity contribution in [2.75, 3.05) is 25.0 Å². The molecule has 2 aromatic rings. The van der Waals surface area contributed by atoms with E-state index in [1.54, 1.807) is 18.2 Å². The Labute approximate surface area is 195 Å². The van der Waals surface area contributed by atoms with Crippen LogP contribution in [0.5, 0.6) is 5.75 Å². The Morgan fingerprint density at radius 2 is 1.97 bits per heavy atom. The maximum atomic E-state index is 13.2. The van der Waals surface area contributed by atoms with E-state index in [1.165, 1.54) is 4.31 Å². The number of benzene rings is 2. The van der Waals surface area contributed by atoms with Gasteiger partial charge < -0.3 is 10.1 Å². The summed E-state index contributed by atoms with van der Waals surface area (Å²) in [5.74, 6) is 0.0542. The smallest absolute Gasteiger partial charge is 0.243 e. The molecule has 1 saturated carbocycles. The Morgan fingerprint density at radius 1 is 1.24 bits per heavy atom. The molecule has 1 heterocycles. The average molecular weight is 468 g/mol. The molecule has 1 N–H and O–H groups in total. The maximum absolute atomic E-state index is 13.2. The van der Waals surface area contributed by atoms with Crippen molar-refractivity contribution in [3.8, 4) is 11.8 Å². The van der Waals surface area contributed by atoms with Gasteiger partial charge in [-0.25, -0.2) is 8.42 Å². The zero-order valence-corrected chi connectivity index (χ0v) is 19.8. The highest BCUT2D eigenvalue weighted by Gasteiger charge is 2.44. The Hall–Kier alpha value is -2.89. The highest BCUT2D eigenvalue weighted by Crippen LogP contribution is 2.47. The highest BCUT2D eigenvalue weighted by atomic mass is 32.2. The van der Waals surface area contributed by atoms with E-state index in [2.05, 4.69) is 11.4 Å². The molecule has 8 heteroatoms. The molecule has 0 radical (unpaired) electrons. The molecule has 7 nitrogen and oxygen atoms in total. The zero-order chi connectivity index (χ0) is 23.6. The summed E-state index contributed by atoms with van der Waals surface area (Å²) in [4.78, 5) is 13.1. The van der Waals surface area contributed by atoms with Gasteiger partial charge >= 0.3 is 0 Å². The van der Waals surface area contributed by atoms with Gasteiger partial charge in [-0.2, -0.15) is 9.57 Å². The standard InChI is InChI=1S/C25H29N3O4S/c1-3-32-23-11-10-22(15-18(23)2)33(30,31)28-14-4-5-19(16-28)24(29)27-21-8-6-20(7-9-21)25(17-26)12-13-25/h6-11,15,19H,3-5,12-14,16H2,1-2H3,(H,27,29)/t19-/m1/s1. The van der Waals surface area contributed by atoms with E-state index in [0.29, 0.717) is 37.4 Å². The second-order valence-corrected chi connectivity index (χ2v) is 10.8. The van der Waals surface area contributed by atoms with Crippen molar-refractivity contribution in [1.29, 1.82) is 5.26 Å². The van der Waals surface area contributed by atoms with Crippen LogP contribution in [0.4, 0.5) is 5.69 Å². The summed E-state index contributed by atoms with van der Waals surface area (Å²) < 4.78 is 33.4. The molecule has 2 aliphatic rings. The number of sulfonamides is 1. The first-order valence-electron chi connectivity index (χ1n) is 11.4. The number of hydrogen-bond donors (Lipinski definition) is 1. The molecule has 0 bridgehead atoms. The fraction of sp³-hybridized carbons (Fsp3) is 0.440. The summed E-state index contributed by atoms with van der Waals surface area (Å²) in [6.07, 6.45) is 3.00. The second kappa shape index (κ2) is 9.16. The minimum absolute atomic E-state index is 0.149. The molecule has 2 fully saturated rings. The first-order valence-corrected chi connectivity index (χ1v) is 12.8. The minimum atomic E-state index is -3.71. The Kier molecular flexibility index (Phi) is 6.46. The maximum Gasteiger partial charge on any atom is 0.243 e. The van der Waals surface area contributed by atoms with Crippen LogP contribution in [-0.4, -0.2) is 38.3 Å². The summed E-state index contributed by atoms with van der Waals surface area (Å²) in [7, 11) is -3.71. The van der Waals surface area contributed by atoms with Crippen LogP contribution >= 0.6 is 0 Å². The number of nitrogens with one attached hydrogen (secondary N) is 1. The van der Waals surface area contributed by atoms with Crippen LogP contribution in [0.15, 0.2) is 47.4 Å². The first-order chi connectivity index (χ1) is 15.8. The van der Waals surface area contributed by atoms with E-state index in [1.807, 2.05) is 38.1 Å². The fourth-order valence-electron chi connectivity index (χ4n) is 4.33. The molecule has 2 aromatic carbocycles. The van der Waals surface area contributed by atoms with Crippen LogP contribution in [0.25, 0.3) is 0 Å². The van der Waals surface area contributed by atoms with Crippen molar-refractivity contribution in [3.05, 3.63) is 53.6 Å². The van der Waals surface area contributed by atoms with E-state index >= 15 is 0 Å². The Morgan fingerprint density at radius 3 is 2.58 bits per heavy atom. The second-order valence-electron chi connectivity index (χ2n) is 8.82. The molecule has 1 atom stereocenters. The van der Waals surface area contributed by atoms with E-state index in [0.717, 1.165) is 24.0 Å². The lowest BCUT2D eigenvalue weighted by atomic mass is 9.97. The Bertz CT molecular complexity index is 1180. The Balaban J connectivity index is 1.43. The van der Waals surface area contributed by atoms with Crippen molar-refractivity contribution in [2.24, 2.45) is 5.92 Å². The number of carbonyl (C=O) groups excluding carboxylic acids is 1. The van der Waals surface area contributed by atoms with Crippen LogP contribution in [0.3, 0.4) is 0 Å².